The molecule has 1 heterocycles. The van der Waals surface area contributed by atoms with Crippen LogP contribution in [0.4, 0.5) is 0 Å². The number of benzene rings is 3. The first-order valence-corrected chi connectivity index (χ1v) is 11.9. The van der Waals surface area contributed by atoms with Gasteiger partial charge >= 0.3 is 5.97 Å². The number of rotatable bonds is 8. The number of hydrogen-bond acceptors (Lipinski definition) is 4. The van der Waals surface area contributed by atoms with Crippen LogP contribution in [0.1, 0.15) is 25.0 Å². The standard InChI is InChI=1S/C28H27NO3S/c1-3-32-26(30)25-21(2)29(20-23-15-9-5-10-16-23)27(31)28(25,19-22-13-7-4-8-14-22)33-24-17-11-6-12-18-24/h4-18H,3,19-20H2,1-2H3/t28-/m0/s1. The lowest BCUT2D eigenvalue weighted by atomic mass is 9.91. The molecule has 0 radical (unpaired) electrons. The van der Waals surface area contributed by atoms with E-state index < -0.39 is 10.7 Å². The van der Waals surface area contributed by atoms with Crippen LogP contribution in [-0.4, -0.2) is 28.1 Å². The molecule has 4 rings (SSSR count). The van der Waals surface area contributed by atoms with Gasteiger partial charge in [0.2, 0.25) is 5.91 Å². The van der Waals surface area contributed by atoms with Crippen LogP contribution in [-0.2, 0) is 27.3 Å². The van der Waals surface area contributed by atoms with Gasteiger partial charge in [-0.3, -0.25) is 4.79 Å². The summed E-state index contributed by atoms with van der Waals surface area (Å²) in [5, 5.41) is 0. The summed E-state index contributed by atoms with van der Waals surface area (Å²) in [5.41, 5.74) is 3.09. The van der Waals surface area contributed by atoms with E-state index in [2.05, 4.69) is 0 Å². The Hall–Kier alpha value is -3.31. The van der Waals surface area contributed by atoms with Crippen LogP contribution in [0.3, 0.4) is 0 Å². The molecule has 1 aliphatic heterocycles. The van der Waals surface area contributed by atoms with Gasteiger partial charge in [-0.05, 0) is 37.1 Å². The highest BCUT2D eigenvalue weighted by atomic mass is 32.2. The molecule has 1 aliphatic rings. The van der Waals surface area contributed by atoms with Crippen LogP contribution in [0.2, 0.25) is 0 Å². The first kappa shape index (κ1) is 22.9. The Balaban J connectivity index is 1.85. The molecule has 0 fully saturated rings. The van der Waals surface area contributed by atoms with Crippen LogP contribution >= 0.6 is 11.8 Å². The largest absolute Gasteiger partial charge is 0.463 e. The quantitative estimate of drug-likeness (QED) is 0.411. The Bertz CT molecular complexity index is 1100. The Morgan fingerprint density at radius 1 is 0.879 bits per heavy atom. The van der Waals surface area contributed by atoms with Gasteiger partial charge in [-0.2, -0.15) is 0 Å². The molecule has 0 spiro atoms. The van der Waals surface area contributed by atoms with Gasteiger partial charge in [0.25, 0.3) is 0 Å². The molecule has 3 aromatic rings. The number of allylic oxidation sites excluding steroid dienone is 1. The van der Waals surface area contributed by atoms with Gasteiger partial charge in [-0.25, -0.2) is 4.79 Å². The Morgan fingerprint density at radius 3 is 2.00 bits per heavy atom. The van der Waals surface area contributed by atoms with Gasteiger partial charge in [0.15, 0.2) is 0 Å². The van der Waals surface area contributed by atoms with E-state index in [1.807, 2.05) is 97.9 Å². The average Bonchev–Trinajstić information content (AvgIpc) is 3.02. The second kappa shape index (κ2) is 10.1. The molecule has 33 heavy (non-hydrogen) atoms. The van der Waals surface area contributed by atoms with Crippen molar-refractivity contribution < 1.29 is 14.3 Å². The van der Waals surface area contributed by atoms with Gasteiger partial charge in [-0.1, -0.05) is 78.9 Å². The molecule has 0 bridgehead atoms. The van der Waals surface area contributed by atoms with Crippen LogP contribution < -0.4 is 0 Å². The van der Waals surface area contributed by atoms with Crippen molar-refractivity contribution in [3.05, 3.63) is 113 Å². The highest BCUT2D eigenvalue weighted by Gasteiger charge is 2.55. The maximum atomic E-state index is 14.2. The number of esters is 1. The van der Waals surface area contributed by atoms with Gasteiger partial charge in [0.05, 0.1) is 18.7 Å². The predicted octanol–water partition coefficient (Wildman–Crippen LogP) is 5.64. The fourth-order valence-corrected chi connectivity index (χ4v) is 5.71. The minimum Gasteiger partial charge on any atom is -0.463 e. The van der Waals surface area contributed by atoms with Gasteiger partial charge in [0.1, 0.15) is 4.75 Å². The summed E-state index contributed by atoms with van der Waals surface area (Å²) >= 11 is 1.43. The maximum Gasteiger partial charge on any atom is 0.337 e. The van der Waals surface area contributed by atoms with Crippen molar-refractivity contribution in [1.82, 2.24) is 4.90 Å². The minimum absolute atomic E-state index is 0.0930. The number of nitrogens with zero attached hydrogens (tertiary/aromatic N) is 1. The fraction of sp³-hybridized carbons (Fsp3) is 0.214. The van der Waals surface area contributed by atoms with E-state index in [4.69, 9.17) is 4.74 Å². The van der Waals surface area contributed by atoms with E-state index in [-0.39, 0.29) is 12.5 Å². The van der Waals surface area contributed by atoms with Crippen molar-refractivity contribution in [3.8, 4) is 0 Å². The zero-order valence-electron chi connectivity index (χ0n) is 18.9. The molecule has 3 aromatic carbocycles. The number of amides is 1. The zero-order chi connectivity index (χ0) is 23.3. The summed E-state index contributed by atoms with van der Waals surface area (Å²) in [6, 6.07) is 29.5. The third-order valence-corrected chi connectivity index (χ3v) is 7.13. The van der Waals surface area contributed by atoms with Crippen LogP contribution in [0.25, 0.3) is 0 Å². The molecule has 168 valence electrons. The summed E-state index contributed by atoms with van der Waals surface area (Å²) in [4.78, 5) is 30.2. The Morgan fingerprint density at radius 2 is 1.42 bits per heavy atom. The molecule has 0 unspecified atom stereocenters. The molecule has 1 atom stereocenters. The lowest BCUT2D eigenvalue weighted by Crippen LogP contribution is -2.43. The monoisotopic (exact) mass is 457 g/mol. The van der Waals surface area contributed by atoms with Crippen molar-refractivity contribution in [3.63, 3.8) is 0 Å². The summed E-state index contributed by atoms with van der Waals surface area (Å²) in [6.07, 6.45) is 0.392. The maximum absolute atomic E-state index is 14.2. The number of hydrogen-bond donors (Lipinski definition) is 0. The van der Waals surface area contributed by atoms with Gasteiger partial charge in [0, 0.05) is 17.0 Å². The molecule has 0 aliphatic carbocycles. The Kier molecular flexibility index (Phi) is 6.99. The molecule has 0 aromatic heterocycles. The molecular formula is C28H27NO3S. The zero-order valence-corrected chi connectivity index (χ0v) is 19.7. The first-order chi connectivity index (χ1) is 16.0. The second-order valence-corrected chi connectivity index (χ2v) is 9.33. The van der Waals surface area contributed by atoms with E-state index in [0.29, 0.717) is 24.2 Å². The van der Waals surface area contributed by atoms with E-state index in [9.17, 15) is 9.59 Å². The topological polar surface area (TPSA) is 46.6 Å². The molecular weight excluding hydrogens is 430 g/mol. The number of ether oxygens (including phenoxy) is 1. The predicted molar refractivity (Wildman–Crippen MR) is 132 cm³/mol. The molecule has 1 amide bonds. The molecule has 0 saturated carbocycles. The number of carbonyl (C=O) groups is 2. The molecule has 4 nitrogen and oxygen atoms in total. The molecule has 0 N–H and O–H groups in total. The highest BCUT2D eigenvalue weighted by Crippen LogP contribution is 2.49. The summed E-state index contributed by atoms with van der Waals surface area (Å²) in [5.74, 6) is -0.525. The lowest BCUT2D eigenvalue weighted by molar-refractivity contribution is -0.140. The smallest absolute Gasteiger partial charge is 0.337 e. The van der Waals surface area contributed by atoms with Crippen molar-refractivity contribution in [2.24, 2.45) is 0 Å². The normalized spacial score (nSPS) is 18.0. The van der Waals surface area contributed by atoms with Crippen molar-refractivity contribution in [2.45, 2.75) is 36.5 Å². The highest BCUT2D eigenvalue weighted by molar-refractivity contribution is 8.01. The van der Waals surface area contributed by atoms with Crippen molar-refractivity contribution in [2.75, 3.05) is 6.61 Å². The summed E-state index contributed by atoms with van der Waals surface area (Å²) in [6.45, 7) is 4.29. The average molecular weight is 458 g/mol. The van der Waals surface area contributed by atoms with Crippen molar-refractivity contribution >= 4 is 23.6 Å². The van der Waals surface area contributed by atoms with Crippen molar-refractivity contribution in [1.29, 1.82) is 0 Å². The van der Waals surface area contributed by atoms with E-state index in [0.717, 1.165) is 16.0 Å². The van der Waals surface area contributed by atoms with Crippen LogP contribution in [0.15, 0.2) is 107 Å². The SMILES string of the molecule is CCOC(=O)C1=C(C)N(Cc2ccccc2)C(=O)[C@@]1(Cc1ccccc1)Sc1ccccc1. The van der Waals surface area contributed by atoms with Crippen LogP contribution in [0.5, 0.6) is 0 Å². The summed E-state index contributed by atoms with van der Waals surface area (Å²) in [7, 11) is 0. The summed E-state index contributed by atoms with van der Waals surface area (Å²) < 4.78 is 4.37. The lowest BCUT2D eigenvalue weighted by Gasteiger charge is -2.30. The number of thioether (sulfide) groups is 1. The number of carbonyl (C=O) groups excluding carboxylic acids is 2. The molecule has 0 saturated heterocycles. The second-order valence-electron chi connectivity index (χ2n) is 7.96. The molecule has 5 heteroatoms. The van der Waals surface area contributed by atoms with Crippen LogP contribution in [0, 0.1) is 0 Å². The van der Waals surface area contributed by atoms with Gasteiger partial charge < -0.3 is 9.64 Å². The third-order valence-electron chi connectivity index (χ3n) is 5.76. The van der Waals surface area contributed by atoms with E-state index >= 15 is 0 Å². The van der Waals surface area contributed by atoms with E-state index in [1.54, 1.807) is 11.8 Å². The Labute approximate surface area is 199 Å². The third kappa shape index (κ3) is 4.74. The van der Waals surface area contributed by atoms with Gasteiger partial charge in [-0.15, -0.1) is 11.8 Å². The fourth-order valence-electron chi connectivity index (χ4n) is 4.24. The minimum atomic E-state index is -1.12. The first-order valence-electron chi connectivity index (χ1n) is 11.1. The van der Waals surface area contributed by atoms with E-state index in [1.165, 1.54) is 11.8 Å².